The molecule has 0 atom stereocenters. The average Bonchev–Trinajstić information content (AvgIpc) is 3.05. The molecule has 25 heavy (non-hydrogen) atoms. The van der Waals surface area contributed by atoms with Crippen molar-refractivity contribution < 1.29 is 0 Å². The van der Waals surface area contributed by atoms with E-state index in [2.05, 4.69) is 75.4 Å². The van der Waals surface area contributed by atoms with Crippen molar-refractivity contribution in [2.45, 2.75) is 46.5 Å². The third-order valence-corrected chi connectivity index (χ3v) is 5.68. The number of hydrogen-bond donors (Lipinski definition) is 0. The van der Waals surface area contributed by atoms with Gasteiger partial charge in [-0.1, -0.05) is 75.4 Å². The van der Waals surface area contributed by atoms with Crippen LogP contribution >= 0.6 is 0 Å². The van der Waals surface area contributed by atoms with E-state index in [0.29, 0.717) is 0 Å². The van der Waals surface area contributed by atoms with Gasteiger partial charge in [0, 0.05) is 0 Å². The summed E-state index contributed by atoms with van der Waals surface area (Å²) in [5, 5.41) is 0. The third-order valence-electron chi connectivity index (χ3n) is 5.68. The summed E-state index contributed by atoms with van der Waals surface area (Å²) in [6, 6.07) is 20.3. The zero-order valence-electron chi connectivity index (χ0n) is 15.5. The molecule has 0 saturated heterocycles. The average molecular weight is 326 g/mol. The van der Waals surface area contributed by atoms with Gasteiger partial charge in [0.05, 0.1) is 0 Å². The van der Waals surface area contributed by atoms with Gasteiger partial charge >= 0.3 is 0 Å². The molecule has 0 aliphatic heterocycles. The molecule has 3 aromatic rings. The highest BCUT2D eigenvalue weighted by atomic mass is 14.3. The van der Waals surface area contributed by atoms with E-state index in [1.165, 1.54) is 38.9 Å². The van der Waals surface area contributed by atoms with E-state index in [1.54, 1.807) is 11.1 Å². The van der Waals surface area contributed by atoms with Crippen molar-refractivity contribution >= 4 is 0 Å². The number of fused-ring (bicyclic) bond motifs is 3. The molecule has 0 amide bonds. The van der Waals surface area contributed by atoms with E-state index in [-0.39, 0.29) is 0 Å². The summed E-state index contributed by atoms with van der Waals surface area (Å²) in [7, 11) is 0. The first-order chi connectivity index (χ1) is 12.3. The summed E-state index contributed by atoms with van der Waals surface area (Å²) in [4.78, 5) is 0. The third kappa shape index (κ3) is 2.52. The molecule has 0 bridgehead atoms. The standard InChI is InChI=1S/C25H26/c1-4-17-13-10-14-20-16-22-21(6-3)25(19-11-8-7-9-12-19)18(5-2)15-23(22)24(17)20/h7-15H,4-6,16H2,1-3H3. The lowest BCUT2D eigenvalue weighted by molar-refractivity contribution is 1.06. The first-order valence-electron chi connectivity index (χ1n) is 9.62. The van der Waals surface area contributed by atoms with E-state index in [4.69, 9.17) is 0 Å². The van der Waals surface area contributed by atoms with Gasteiger partial charge in [-0.25, -0.2) is 0 Å². The first-order valence-corrected chi connectivity index (χ1v) is 9.62. The molecule has 0 N–H and O–H groups in total. The van der Waals surface area contributed by atoms with Crippen LogP contribution in [0.3, 0.4) is 0 Å². The molecule has 0 heterocycles. The normalized spacial score (nSPS) is 12.1. The molecule has 0 heteroatoms. The van der Waals surface area contributed by atoms with Crippen LogP contribution in [0, 0.1) is 0 Å². The second-order valence-corrected chi connectivity index (χ2v) is 6.97. The van der Waals surface area contributed by atoms with E-state index in [1.807, 2.05) is 0 Å². The fourth-order valence-corrected chi connectivity index (χ4v) is 4.53. The molecule has 0 saturated carbocycles. The Morgan fingerprint density at radius 2 is 1.48 bits per heavy atom. The van der Waals surface area contributed by atoms with Crippen LogP contribution in [0.4, 0.5) is 0 Å². The second kappa shape index (κ2) is 6.52. The maximum absolute atomic E-state index is 2.49. The quantitative estimate of drug-likeness (QED) is 0.396. The van der Waals surface area contributed by atoms with Gasteiger partial charge in [-0.3, -0.25) is 0 Å². The minimum atomic E-state index is 1.08. The van der Waals surface area contributed by atoms with E-state index in [0.717, 1.165) is 25.7 Å². The van der Waals surface area contributed by atoms with Gasteiger partial charge in [-0.2, -0.15) is 0 Å². The SMILES string of the molecule is CCc1cccc2c1-c1cc(CC)c(-c3ccccc3)c(CC)c1C2. The highest BCUT2D eigenvalue weighted by Gasteiger charge is 2.26. The van der Waals surface area contributed by atoms with Gasteiger partial charge in [0.15, 0.2) is 0 Å². The Hall–Kier alpha value is -2.34. The number of rotatable bonds is 4. The topological polar surface area (TPSA) is 0 Å². The Labute approximate surface area is 151 Å². The predicted molar refractivity (Wildman–Crippen MR) is 108 cm³/mol. The Balaban J connectivity index is 2.02. The summed E-state index contributed by atoms with van der Waals surface area (Å²) in [5.74, 6) is 0. The molecule has 3 aromatic carbocycles. The maximum Gasteiger partial charge on any atom is -0.00104 e. The highest BCUT2D eigenvalue weighted by Crippen LogP contribution is 2.45. The molecular formula is C25H26. The van der Waals surface area contributed by atoms with Crippen LogP contribution in [0.2, 0.25) is 0 Å². The zero-order valence-corrected chi connectivity index (χ0v) is 15.5. The molecule has 126 valence electrons. The molecule has 0 radical (unpaired) electrons. The summed E-state index contributed by atoms with van der Waals surface area (Å²) in [6.07, 6.45) is 4.36. The van der Waals surface area contributed by atoms with Crippen LogP contribution in [-0.2, 0) is 25.7 Å². The maximum atomic E-state index is 2.49. The van der Waals surface area contributed by atoms with Gasteiger partial charge in [0.2, 0.25) is 0 Å². The van der Waals surface area contributed by atoms with E-state index in [9.17, 15) is 0 Å². The molecule has 1 aliphatic carbocycles. The molecule has 1 aliphatic rings. The van der Waals surface area contributed by atoms with Gasteiger partial charge in [-0.15, -0.1) is 0 Å². The van der Waals surface area contributed by atoms with Crippen molar-refractivity contribution in [2.24, 2.45) is 0 Å². The van der Waals surface area contributed by atoms with E-state index >= 15 is 0 Å². The van der Waals surface area contributed by atoms with Crippen molar-refractivity contribution in [3.63, 3.8) is 0 Å². The summed E-state index contributed by atoms with van der Waals surface area (Å²) in [5.41, 5.74) is 13.5. The fraction of sp³-hybridized carbons (Fsp3) is 0.280. The highest BCUT2D eigenvalue weighted by molar-refractivity contribution is 5.86. The minimum absolute atomic E-state index is 1.08. The Bertz CT molecular complexity index is 917. The van der Waals surface area contributed by atoms with Crippen molar-refractivity contribution in [3.8, 4) is 22.3 Å². The smallest absolute Gasteiger partial charge is 0.00104 e. The first kappa shape index (κ1) is 16.1. The summed E-state index contributed by atoms with van der Waals surface area (Å²) in [6.45, 7) is 6.87. The predicted octanol–water partition coefficient (Wildman–Crippen LogP) is 6.61. The Kier molecular flexibility index (Phi) is 4.21. The lowest BCUT2D eigenvalue weighted by Gasteiger charge is -2.19. The van der Waals surface area contributed by atoms with Gasteiger partial charge in [0.1, 0.15) is 0 Å². The van der Waals surface area contributed by atoms with Crippen LogP contribution in [0.1, 0.15) is 48.6 Å². The summed E-state index contributed by atoms with van der Waals surface area (Å²) < 4.78 is 0. The monoisotopic (exact) mass is 326 g/mol. The summed E-state index contributed by atoms with van der Waals surface area (Å²) >= 11 is 0. The van der Waals surface area contributed by atoms with Gasteiger partial charge < -0.3 is 0 Å². The molecule has 0 unspecified atom stereocenters. The minimum Gasteiger partial charge on any atom is -0.0622 e. The second-order valence-electron chi connectivity index (χ2n) is 6.97. The fourth-order valence-electron chi connectivity index (χ4n) is 4.53. The van der Waals surface area contributed by atoms with Crippen LogP contribution in [-0.4, -0.2) is 0 Å². The molecule has 0 spiro atoms. The van der Waals surface area contributed by atoms with Crippen molar-refractivity contribution in [3.05, 3.63) is 82.4 Å². The van der Waals surface area contributed by atoms with E-state index < -0.39 is 0 Å². The van der Waals surface area contributed by atoms with Crippen LogP contribution in [0.25, 0.3) is 22.3 Å². The number of hydrogen-bond acceptors (Lipinski definition) is 0. The Morgan fingerprint density at radius 1 is 0.720 bits per heavy atom. The van der Waals surface area contributed by atoms with Crippen LogP contribution in [0.5, 0.6) is 0 Å². The lowest BCUT2D eigenvalue weighted by atomic mass is 9.85. The molecular weight excluding hydrogens is 300 g/mol. The van der Waals surface area contributed by atoms with Gasteiger partial charge in [0.25, 0.3) is 0 Å². The van der Waals surface area contributed by atoms with Crippen molar-refractivity contribution in [2.75, 3.05) is 0 Å². The number of aryl methyl sites for hydroxylation is 2. The zero-order chi connectivity index (χ0) is 17.4. The van der Waals surface area contributed by atoms with Crippen molar-refractivity contribution in [1.82, 2.24) is 0 Å². The van der Waals surface area contributed by atoms with Crippen molar-refractivity contribution in [1.29, 1.82) is 0 Å². The lowest BCUT2D eigenvalue weighted by Crippen LogP contribution is -2.00. The molecule has 0 aromatic heterocycles. The largest absolute Gasteiger partial charge is 0.0622 e. The molecule has 0 fully saturated rings. The van der Waals surface area contributed by atoms with Gasteiger partial charge in [-0.05, 0) is 75.8 Å². The Morgan fingerprint density at radius 3 is 2.16 bits per heavy atom. The molecule has 0 nitrogen and oxygen atoms in total. The molecule has 4 rings (SSSR count). The van der Waals surface area contributed by atoms with Crippen LogP contribution < -0.4 is 0 Å². The number of benzene rings is 3. The van der Waals surface area contributed by atoms with Crippen LogP contribution in [0.15, 0.2) is 54.6 Å².